The molecule has 98 valence electrons. The van der Waals surface area contributed by atoms with Crippen molar-refractivity contribution in [2.45, 2.75) is 19.4 Å². The Bertz CT molecular complexity index is 524. The van der Waals surface area contributed by atoms with Crippen molar-refractivity contribution in [2.24, 2.45) is 0 Å². The molecule has 0 radical (unpaired) electrons. The van der Waals surface area contributed by atoms with Gasteiger partial charge < -0.3 is 10.5 Å². The average Bonchev–Trinajstić information content (AvgIpc) is 2.45. The van der Waals surface area contributed by atoms with Crippen LogP contribution >= 0.6 is 0 Å². The molecule has 2 aromatic rings. The van der Waals surface area contributed by atoms with E-state index in [-0.39, 0.29) is 5.97 Å². The highest BCUT2D eigenvalue weighted by atomic mass is 16.5. The summed E-state index contributed by atoms with van der Waals surface area (Å²) < 4.78 is 5.19. The number of esters is 1. The molecule has 0 amide bonds. The van der Waals surface area contributed by atoms with Gasteiger partial charge in [-0.3, -0.25) is 4.79 Å². The van der Waals surface area contributed by atoms with Gasteiger partial charge in [0.15, 0.2) is 0 Å². The van der Waals surface area contributed by atoms with Gasteiger partial charge in [-0.05, 0) is 23.6 Å². The number of pyridine rings is 1. The number of nitrogens with two attached hydrogens (primary N) is 1. The maximum Gasteiger partial charge on any atom is 0.306 e. The van der Waals surface area contributed by atoms with Crippen molar-refractivity contribution >= 4 is 11.8 Å². The maximum absolute atomic E-state index is 11.6. The van der Waals surface area contributed by atoms with Crippen molar-refractivity contribution in [3.8, 4) is 0 Å². The van der Waals surface area contributed by atoms with Crippen molar-refractivity contribution in [3.63, 3.8) is 0 Å². The molecule has 0 aliphatic carbocycles. The van der Waals surface area contributed by atoms with Crippen LogP contribution in [0.5, 0.6) is 0 Å². The minimum absolute atomic E-state index is 0.208. The predicted molar refractivity (Wildman–Crippen MR) is 73.2 cm³/mol. The molecule has 0 atom stereocenters. The van der Waals surface area contributed by atoms with Gasteiger partial charge in [0.05, 0.1) is 0 Å². The zero-order valence-corrected chi connectivity index (χ0v) is 10.6. The molecule has 4 heteroatoms. The number of ether oxygens (including phenoxy) is 1. The number of hydrogen-bond donors (Lipinski definition) is 1. The lowest BCUT2D eigenvalue weighted by Crippen LogP contribution is -2.06. The molecule has 0 unspecified atom stereocenters. The molecule has 2 rings (SSSR count). The van der Waals surface area contributed by atoms with E-state index in [1.54, 1.807) is 12.3 Å². The second-order valence-electron chi connectivity index (χ2n) is 4.24. The number of carbonyl (C=O) groups is 1. The van der Waals surface area contributed by atoms with Gasteiger partial charge in [0.25, 0.3) is 0 Å². The van der Waals surface area contributed by atoms with Gasteiger partial charge in [0, 0.05) is 12.6 Å². The molecule has 19 heavy (non-hydrogen) atoms. The number of anilines is 1. The highest BCUT2D eigenvalue weighted by Gasteiger charge is 2.04. The van der Waals surface area contributed by atoms with Crippen molar-refractivity contribution < 1.29 is 9.53 Å². The highest BCUT2D eigenvalue weighted by molar-refractivity contribution is 5.69. The second-order valence-corrected chi connectivity index (χ2v) is 4.24. The van der Waals surface area contributed by atoms with E-state index in [0.717, 1.165) is 11.1 Å². The van der Waals surface area contributed by atoms with Gasteiger partial charge >= 0.3 is 5.97 Å². The summed E-state index contributed by atoms with van der Waals surface area (Å²) in [7, 11) is 0. The third kappa shape index (κ3) is 4.43. The number of aryl methyl sites for hydroxylation is 1. The fourth-order valence-corrected chi connectivity index (χ4v) is 1.64. The number of hydrogen-bond acceptors (Lipinski definition) is 4. The lowest BCUT2D eigenvalue weighted by atomic mass is 10.1. The molecule has 1 aromatic heterocycles. The molecule has 0 aliphatic heterocycles. The number of carbonyl (C=O) groups excluding carboxylic acids is 1. The van der Waals surface area contributed by atoms with Crippen LogP contribution in [0.15, 0.2) is 48.7 Å². The normalized spacial score (nSPS) is 10.1. The average molecular weight is 256 g/mol. The first-order valence-electron chi connectivity index (χ1n) is 6.14. The van der Waals surface area contributed by atoms with Crippen LogP contribution in [0, 0.1) is 0 Å². The fourth-order valence-electron chi connectivity index (χ4n) is 1.64. The van der Waals surface area contributed by atoms with Gasteiger partial charge in [-0.1, -0.05) is 36.4 Å². The number of rotatable bonds is 5. The standard InChI is InChI=1S/C15H16N2O2/c16-14-8-6-12(10-17-14)7-9-15(18)19-11-13-4-2-1-3-5-13/h1-6,8,10H,7,9,11H2,(H2,16,17). The summed E-state index contributed by atoms with van der Waals surface area (Å²) in [5, 5.41) is 0. The molecule has 0 saturated carbocycles. The summed E-state index contributed by atoms with van der Waals surface area (Å²) in [4.78, 5) is 15.6. The van der Waals surface area contributed by atoms with Crippen molar-refractivity contribution in [1.29, 1.82) is 0 Å². The van der Waals surface area contributed by atoms with E-state index in [1.807, 2.05) is 36.4 Å². The van der Waals surface area contributed by atoms with Gasteiger partial charge in [-0.2, -0.15) is 0 Å². The predicted octanol–water partition coefficient (Wildman–Crippen LogP) is 2.34. The Labute approximate surface area is 112 Å². The van der Waals surface area contributed by atoms with Crippen LogP contribution in [-0.2, 0) is 22.6 Å². The molecule has 1 aromatic carbocycles. The molecule has 2 N–H and O–H groups in total. The Kier molecular flexibility index (Phi) is 4.50. The summed E-state index contributed by atoms with van der Waals surface area (Å²) in [5.74, 6) is 0.274. The van der Waals surface area contributed by atoms with Crippen LogP contribution < -0.4 is 5.73 Å². The molecule has 0 bridgehead atoms. The summed E-state index contributed by atoms with van der Waals surface area (Å²) in [5.41, 5.74) is 7.46. The third-order valence-electron chi connectivity index (χ3n) is 2.71. The molecular weight excluding hydrogens is 240 g/mol. The summed E-state index contributed by atoms with van der Waals surface area (Å²) in [6, 6.07) is 13.2. The van der Waals surface area contributed by atoms with Crippen LogP contribution in [0.4, 0.5) is 5.82 Å². The Morgan fingerprint density at radius 3 is 2.58 bits per heavy atom. The van der Waals surface area contributed by atoms with E-state index >= 15 is 0 Å². The van der Waals surface area contributed by atoms with E-state index in [2.05, 4.69) is 4.98 Å². The Morgan fingerprint density at radius 1 is 1.11 bits per heavy atom. The van der Waals surface area contributed by atoms with Crippen LogP contribution in [0.1, 0.15) is 17.5 Å². The van der Waals surface area contributed by atoms with Crippen LogP contribution in [0.3, 0.4) is 0 Å². The number of nitrogen functional groups attached to an aromatic ring is 1. The minimum atomic E-state index is -0.208. The van der Waals surface area contributed by atoms with Gasteiger partial charge in [0.1, 0.15) is 12.4 Å². The zero-order chi connectivity index (χ0) is 13.5. The molecular formula is C15H16N2O2. The van der Waals surface area contributed by atoms with Crippen molar-refractivity contribution in [3.05, 3.63) is 59.8 Å². The van der Waals surface area contributed by atoms with Gasteiger partial charge in [0.2, 0.25) is 0 Å². The number of aromatic nitrogens is 1. The lowest BCUT2D eigenvalue weighted by Gasteiger charge is -2.05. The topological polar surface area (TPSA) is 65.2 Å². The van der Waals surface area contributed by atoms with E-state index in [4.69, 9.17) is 10.5 Å². The zero-order valence-electron chi connectivity index (χ0n) is 10.6. The monoisotopic (exact) mass is 256 g/mol. The SMILES string of the molecule is Nc1ccc(CCC(=O)OCc2ccccc2)cn1. The van der Waals surface area contributed by atoms with E-state index in [1.165, 1.54) is 0 Å². The molecule has 0 saturated heterocycles. The second kappa shape index (κ2) is 6.54. The van der Waals surface area contributed by atoms with Crippen molar-refractivity contribution in [2.75, 3.05) is 5.73 Å². The molecule has 0 fully saturated rings. The molecule has 4 nitrogen and oxygen atoms in total. The summed E-state index contributed by atoms with van der Waals surface area (Å²) in [6.07, 6.45) is 2.64. The van der Waals surface area contributed by atoms with Crippen LogP contribution in [-0.4, -0.2) is 11.0 Å². The molecule has 1 heterocycles. The number of benzene rings is 1. The Hall–Kier alpha value is -2.36. The maximum atomic E-state index is 11.6. The van der Waals surface area contributed by atoms with E-state index in [0.29, 0.717) is 25.3 Å². The highest BCUT2D eigenvalue weighted by Crippen LogP contribution is 2.06. The van der Waals surface area contributed by atoms with Crippen LogP contribution in [0.2, 0.25) is 0 Å². The first-order chi connectivity index (χ1) is 9.24. The number of nitrogens with zero attached hydrogens (tertiary/aromatic N) is 1. The first-order valence-corrected chi connectivity index (χ1v) is 6.14. The summed E-state index contributed by atoms with van der Waals surface area (Å²) >= 11 is 0. The Balaban J connectivity index is 1.74. The third-order valence-corrected chi connectivity index (χ3v) is 2.71. The molecule has 0 aliphatic rings. The largest absolute Gasteiger partial charge is 0.461 e. The van der Waals surface area contributed by atoms with Gasteiger partial charge in [-0.25, -0.2) is 4.98 Å². The first kappa shape index (κ1) is 13.1. The van der Waals surface area contributed by atoms with E-state index in [9.17, 15) is 4.79 Å². The van der Waals surface area contributed by atoms with Gasteiger partial charge in [-0.15, -0.1) is 0 Å². The van der Waals surface area contributed by atoms with Crippen molar-refractivity contribution in [1.82, 2.24) is 4.98 Å². The summed E-state index contributed by atoms with van der Waals surface area (Å²) in [6.45, 7) is 0.319. The Morgan fingerprint density at radius 2 is 1.89 bits per heavy atom. The van der Waals surface area contributed by atoms with E-state index < -0.39 is 0 Å². The fraction of sp³-hybridized carbons (Fsp3) is 0.200. The minimum Gasteiger partial charge on any atom is -0.461 e. The van der Waals surface area contributed by atoms with Crippen LogP contribution in [0.25, 0.3) is 0 Å². The quantitative estimate of drug-likeness (QED) is 0.834. The lowest BCUT2D eigenvalue weighted by molar-refractivity contribution is -0.144. The smallest absolute Gasteiger partial charge is 0.306 e. The molecule has 0 spiro atoms.